The van der Waals surface area contributed by atoms with Gasteiger partial charge in [-0.3, -0.25) is 9.59 Å². The molecule has 24 heteroatoms. The molecule has 2 amide bonds. The van der Waals surface area contributed by atoms with E-state index < -0.39 is 148 Å². The Morgan fingerprint density at radius 1 is 0.549 bits per heavy atom. The minimum absolute atomic E-state index is 0.114. The molecule has 2 unspecified atom stereocenters. The standard InChI is InChI=1S/C27H50N2O22/c30-4-8(34)22(50-26-20(44)14(38)12(36)10(6-32)48-26)16(40)18(42)24(46)28-2-1-3-29-25(47)19(43)17(41)23(9(35)5-31)51-27-21(45)15(39)13(37)11(7-33)49-27/h8-23,26-27,30-45H,1-7H2,(H,28,46)(H,29,47)/t8-,9-,10-,11-,12-,13-,14+,15+,16-,17-,18-,19-,20-,21-,22-,23-,26?,27?/m1/s1. The molecule has 2 heterocycles. The van der Waals surface area contributed by atoms with Crippen LogP contribution in [0.25, 0.3) is 0 Å². The Morgan fingerprint density at radius 3 is 1.18 bits per heavy atom. The molecule has 0 aromatic carbocycles. The molecule has 0 aliphatic carbocycles. The van der Waals surface area contributed by atoms with Crippen LogP contribution in [0.5, 0.6) is 0 Å². The largest absolute Gasteiger partial charge is 0.394 e. The van der Waals surface area contributed by atoms with Gasteiger partial charge < -0.3 is 111 Å². The van der Waals surface area contributed by atoms with Gasteiger partial charge >= 0.3 is 0 Å². The first kappa shape index (κ1) is 45.3. The van der Waals surface area contributed by atoms with Gasteiger partial charge in [-0.15, -0.1) is 0 Å². The molecule has 0 spiro atoms. The Kier molecular flexibility index (Phi) is 18.8. The third-order valence-electron chi connectivity index (χ3n) is 8.22. The van der Waals surface area contributed by atoms with Gasteiger partial charge in [0.1, 0.15) is 85.5 Å². The molecule has 300 valence electrons. The van der Waals surface area contributed by atoms with Crippen LogP contribution in [0.15, 0.2) is 0 Å². The predicted molar refractivity (Wildman–Crippen MR) is 158 cm³/mol. The van der Waals surface area contributed by atoms with Crippen LogP contribution in [0.3, 0.4) is 0 Å². The zero-order chi connectivity index (χ0) is 38.7. The van der Waals surface area contributed by atoms with Crippen molar-refractivity contribution in [2.24, 2.45) is 0 Å². The van der Waals surface area contributed by atoms with E-state index in [0.29, 0.717) is 0 Å². The quantitative estimate of drug-likeness (QED) is 0.0513. The number of carbonyl (C=O) groups is 2. The van der Waals surface area contributed by atoms with Crippen LogP contribution in [-0.4, -0.2) is 243 Å². The van der Waals surface area contributed by atoms with Crippen LogP contribution < -0.4 is 10.6 Å². The van der Waals surface area contributed by atoms with Gasteiger partial charge in [-0.1, -0.05) is 0 Å². The third-order valence-corrected chi connectivity index (χ3v) is 8.22. The highest BCUT2D eigenvalue weighted by Crippen LogP contribution is 2.26. The number of aliphatic hydroxyl groups is 16. The van der Waals surface area contributed by atoms with E-state index in [1.165, 1.54) is 0 Å². The molecule has 2 rings (SSSR count). The molecule has 0 saturated carbocycles. The van der Waals surface area contributed by atoms with Crippen molar-refractivity contribution in [3.8, 4) is 0 Å². The van der Waals surface area contributed by atoms with Crippen LogP contribution in [0, 0.1) is 0 Å². The minimum atomic E-state index is -2.36. The summed E-state index contributed by atoms with van der Waals surface area (Å²) in [5.41, 5.74) is 0. The Labute approximate surface area is 289 Å². The fraction of sp³-hybridized carbons (Fsp3) is 0.926. The first-order valence-corrected chi connectivity index (χ1v) is 15.7. The Morgan fingerprint density at radius 2 is 0.882 bits per heavy atom. The highest BCUT2D eigenvalue weighted by atomic mass is 16.7. The Hall–Kier alpha value is -1.86. The second-order valence-corrected chi connectivity index (χ2v) is 11.9. The highest BCUT2D eigenvalue weighted by Gasteiger charge is 2.49. The molecule has 2 fully saturated rings. The lowest BCUT2D eigenvalue weighted by Gasteiger charge is -2.42. The maximum atomic E-state index is 12.5. The molecule has 24 nitrogen and oxygen atoms in total. The van der Waals surface area contributed by atoms with Crippen molar-refractivity contribution < 1.29 is 110 Å². The van der Waals surface area contributed by atoms with E-state index in [1.807, 2.05) is 0 Å². The summed E-state index contributed by atoms with van der Waals surface area (Å²) in [6.45, 7) is -4.50. The molecular formula is C27H50N2O22. The zero-order valence-electron chi connectivity index (χ0n) is 26.9. The lowest BCUT2D eigenvalue weighted by molar-refractivity contribution is -0.326. The highest BCUT2D eigenvalue weighted by molar-refractivity contribution is 5.81. The van der Waals surface area contributed by atoms with Crippen LogP contribution in [0.2, 0.25) is 0 Å². The molecule has 2 aliphatic rings. The Bertz CT molecular complexity index is 967. The van der Waals surface area contributed by atoms with Gasteiger partial charge in [-0.25, -0.2) is 0 Å². The fourth-order valence-electron chi connectivity index (χ4n) is 5.06. The average Bonchev–Trinajstić information content (AvgIpc) is 3.13. The van der Waals surface area contributed by atoms with Crippen molar-refractivity contribution in [2.45, 2.75) is 117 Å². The first-order valence-electron chi connectivity index (χ1n) is 15.7. The molecule has 18 atom stereocenters. The summed E-state index contributed by atoms with van der Waals surface area (Å²) in [5.74, 6) is -2.52. The van der Waals surface area contributed by atoms with E-state index in [1.54, 1.807) is 0 Å². The Balaban J connectivity index is 1.91. The monoisotopic (exact) mass is 754 g/mol. The molecule has 0 aromatic rings. The van der Waals surface area contributed by atoms with E-state index >= 15 is 0 Å². The van der Waals surface area contributed by atoms with Crippen molar-refractivity contribution in [3.05, 3.63) is 0 Å². The molecule has 0 radical (unpaired) electrons. The number of hydrogen-bond donors (Lipinski definition) is 18. The molecule has 0 aromatic heterocycles. The molecule has 2 saturated heterocycles. The van der Waals surface area contributed by atoms with Crippen molar-refractivity contribution in [1.82, 2.24) is 10.6 Å². The number of carbonyl (C=O) groups excluding carboxylic acids is 2. The summed E-state index contributed by atoms with van der Waals surface area (Å²) in [6, 6.07) is 0. The third kappa shape index (κ3) is 11.6. The second kappa shape index (κ2) is 21.1. The zero-order valence-corrected chi connectivity index (χ0v) is 26.9. The summed E-state index contributed by atoms with van der Waals surface area (Å²) < 4.78 is 20.7. The lowest BCUT2D eigenvalue weighted by atomic mass is 9.98. The number of amides is 2. The van der Waals surface area contributed by atoms with Crippen LogP contribution >= 0.6 is 0 Å². The summed E-state index contributed by atoms with van der Waals surface area (Å²) in [6.07, 6.45) is -35.6. The summed E-state index contributed by atoms with van der Waals surface area (Å²) in [7, 11) is 0. The minimum Gasteiger partial charge on any atom is -0.394 e. The predicted octanol–water partition coefficient (Wildman–Crippen LogP) is -11.9. The van der Waals surface area contributed by atoms with E-state index in [9.17, 15) is 91.3 Å². The second-order valence-electron chi connectivity index (χ2n) is 11.9. The van der Waals surface area contributed by atoms with Crippen molar-refractivity contribution in [1.29, 1.82) is 0 Å². The number of rotatable bonds is 20. The van der Waals surface area contributed by atoms with Gasteiger partial charge in [0.05, 0.1) is 26.4 Å². The smallest absolute Gasteiger partial charge is 0.251 e. The maximum absolute atomic E-state index is 12.5. The van der Waals surface area contributed by atoms with Crippen LogP contribution in [0.4, 0.5) is 0 Å². The summed E-state index contributed by atoms with van der Waals surface area (Å²) in [5, 5.41) is 164. The topological polar surface area (TPSA) is 419 Å². The van der Waals surface area contributed by atoms with E-state index in [0.717, 1.165) is 0 Å². The van der Waals surface area contributed by atoms with Crippen LogP contribution in [-0.2, 0) is 28.5 Å². The van der Waals surface area contributed by atoms with E-state index in [-0.39, 0.29) is 19.5 Å². The normalized spacial score (nSPS) is 34.7. The molecule has 2 aliphatic heterocycles. The molecular weight excluding hydrogens is 704 g/mol. The molecule has 18 N–H and O–H groups in total. The van der Waals surface area contributed by atoms with E-state index in [4.69, 9.17) is 18.9 Å². The average molecular weight is 755 g/mol. The SMILES string of the molecule is O=C(NCCCNC(=O)[C@H](O)[C@@H](O)[C@H](OC1O[C@H](CO)[C@@H](O)[C@H](O)[C@H]1O)[C@H](O)CO)[C@H](O)[C@@H](O)[C@H](OC1O[C@H](CO)[C@@H](O)[C@H](O)[C@H]1O)[C@H](O)CO. The number of hydrogen-bond acceptors (Lipinski definition) is 22. The number of ether oxygens (including phenoxy) is 4. The summed E-state index contributed by atoms with van der Waals surface area (Å²) in [4.78, 5) is 25.0. The van der Waals surface area contributed by atoms with Gasteiger partial charge in [0, 0.05) is 13.1 Å². The van der Waals surface area contributed by atoms with Gasteiger partial charge in [0.25, 0.3) is 11.8 Å². The maximum Gasteiger partial charge on any atom is 0.251 e. The lowest BCUT2D eigenvalue weighted by Crippen LogP contribution is -2.62. The number of aliphatic hydroxyl groups excluding tert-OH is 16. The van der Waals surface area contributed by atoms with Crippen LogP contribution in [0.1, 0.15) is 6.42 Å². The van der Waals surface area contributed by atoms with Crippen molar-refractivity contribution in [2.75, 3.05) is 39.5 Å². The summed E-state index contributed by atoms with van der Waals surface area (Å²) >= 11 is 0. The van der Waals surface area contributed by atoms with E-state index in [2.05, 4.69) is 10.6 Å². The van der Waals surface area contributed by atoms with Gasteiger partial charge in [-0.2, -0.15) is 0 Å². The number of nitrogens with one attached hydrogen (secondary N) is 2. The van der Waals surface area contributed by atoms with Gasteiger partial charge in [0.15, 0.2) is 24.8 Å². The van der Waals surface area contributed by atoms with Crippen molar-refractivity contribution >= 4 is 11.8 Å². The molecule has 0 bridgehead atoms. The van der Waals surface area contributed by atoms with Crippen molar-refractivity contribution in [3.63, 3.8) is 0 Å². The van der Waals surface area contributed by atoms with Gasteiger partial charge in [0.2, 0.25) is 0 Å². The first-order chi connectivity index (χ1) is 24.0. The fourth-order valence-corrected chi connectivity index (χ4v) is 5.06. The van der Waals surface area contributed by atoms with Gasteiger partial charge in [-0.05, 0) is 6.42 Å². The molecule has 51 heavy (non-hydrogen) atoms.